The molecule has 0 rings (SSSR count). The summed E-state index contributed by atoms with van der Waals surface area (Å²) in [6, 6.07) is -0.628. The van der Waals surface area contributed by atoms with Crippen LogP contribution >= 0.6 is 0 Å². The smallest absolute Gasteiger partial charge is 0.305 e. The van der Waals surface area contributed by atoms with E-state index in [4.69, 9.17) is 4.74 Å². The van der Waals surface area contributed by atoms with Gasteiger partial charge in [-0.3, -0.25) is 9.59 Å². The quantitative estimate of drug-likeness (QED) is 0.0320. The molecule has 0 saturated heterocycles. The van der Waals surface area contributed by atoms with Crippen molar-refractivity contribution in [3.05, 3.63) is 60.8 Å². The number of nitrogens with one attached hydrogen (secondary N) is 1. The molecule has 0 aromatic rings. The number of rotatable bonds is 58. The van der Waals surface area contributed by atoms with Gasteiger partial charge < -0.3 is 20.3 Å². The Labute approximate surface area is 448 Å². The highest BCUT2D eigenvalue weighted by Crippen LogP contribution is 2.16. The molecule has 0 spiro atoms. The van der Waals surface area contributed by atoms with Crippen LogP contribution in [0, 0.1) is 0 Å². The third-order valence-electron chi connectivity index (χ3n) is 14.3. The lowest BCUT2D eigenvalue weighted by molar-refractivity contribution is -0.143. The zero-order valence-corrected chi connectivity index (χ0v) is 47.9. The SMILES string of the molecule is CCCCCC/C=C\C/C=C\CCCCCCCC(=O)OCCCCCCCCCCC/C=C\C/C=C\CCCCCCCCCCCCCCCC(=O)NC(CO)C(O)/C=C/CCCCCCCCCC. The Morgan fingerprint density at radius 2 is 0.694 bits per heavy atom. The second-order valence-electron chi connectivity index (χ2n) is 21.4. The lowest BCUT2D eigenvalue weighted by Gasteiger charge is -2.20. The molecule has 0 bridgehead atoms. The summed E-state index contributed by atoms with van der Waals surface area (Å²) < 4.78 is 5.48. The molecule has 72 heavy (non-hydrogen) atoms. The van der Waals surface area contributed by atoms with Crippen molar-refractivity contribution in [1.82, 2.24) is 5.32 Å². The van der Waals surface area contributed by atoms with Crippen LogP contribution in [0.3, 0.4) is 0 Å². The first-order chi connectivity index (χ1) is 35.5. The minimum atomic E-state index is -0.844. The predicted molar refractivity (Wildman–Crippen MR) is 315 cm³/mol. The first kappa shape index (κ1) is 69.6. The summed E-state index contributed by atoms with van der Waals surface area (Å²) in [6.45, 7) is 4.86. The zero-order chi connectivity index (χ0) is 52.2. The molecule has 0 saturated carbocycles. The molecular weight excluding hydrogens is 887 g/mol. The van der Waals surface area contributed by atoms with Crippen LogP contribution in [0.4, 0.5) is 0 Å². The largest absolute Gasteiger partial charge is 0.466 e. The molecule has 0 radical (unpaired) electrons. The number of aliphatic hydroxyl groups is 2. The molecule has 0 aliphatic heterocycles. The Kier molecular flexibility index (Phi) is 59.0. The van der Waals surface area contributed by atoms with Gasteiger partial charge in [-0.2, -0.15) is 0 Å². The van der Waals surface area contributed by atoms with Crippen LogP contribution in [0.15, 0.2) is 60.8 Å². The van der Waals surface area contributed by atoms with Crippen molar-refractivity contribution >= 4 is 11.9 Å². The number of amides is 1. The van der Waals surface area contributed by atoms with Gasteiger partial charge in [-0.25, -0.2) is 0 Å². The fourth-order valence-corrected chi connectivity index (χ4v) is 9.40. The molecule has 1 amide bonds. The highest BCUT2D eigenvalue weighted by Gasteiger charge is 2.18. The highest BCUT2D eigenvalue weighted by atomic mass is 16.5. The van der Waals surface area contributed by atoms with E-state index in [0.717, 1.165) is 57.8 Å². The van der Waals surface area contributed by atoms with Crippen molar-refractivity contribution in [1.29, 1.82) is 0 Å². The Morgan fingerprint density at radius 1 is 0.389 bits per heavy atom. The summed E-state index contributed by atoms with van der Waals surface area (Å²) in [4.78, 5) is 24.5. The number of aliphatic hydroxyl groups excluding tert-OH is 2. The average molecular weight is 1010 g/mol. The first-order valence-corrected chi connectivity index (χ1v) is 31.6. The number of allylic oxidation sites excluding steroid dienone is 9. The maximum absolute atomic E-state index is 12.4. The molecule has 0 aliphatic rings. The molecule has 0 fully saturated rings. The zero-order valence-electron chi connectivity index (χ0n) is 47.9. The van der Waals surface area contributed by atoms with E-state index in [2.05, 4.69) is 67.8 Å². The van der Waals surface area contributed by atoms with E-state index in [0.29, 0.717) is 19.4 Å². The normalized spacial score (nSPS) is 13.0. The summed E-state index contributed by atoms with van der Waals surface area (Å²) >= 11 is 0. The predicted octanol–water partition coefficient (Wildman–Crippen LogP) is 19.9. The number of ether oxygens (including phenoxy) is 1. The van der Waals surface area contributed by atoms with Crippen molar-refractivity contribution in [2.45, 2.75) is 334 Å². The van der Waals surface area contributed by atoms with E-state index in [-0.39, 0.29) is 18.5 Å². The van der Waals surface area contributed by atoms with Crippen molar-refractivity contribution < 1.29 is 24.5 Å². The van der Waals surface area contributed by atoms with Gasteiger partial charge in [0.05, 0.1) is 25.4 Å². The molecule has 0 aliphatic carbocycles. The fraction of sp³-hybridized carbons (Fsp3) is 0.818. The molecule has 6 nitrogen and oxygen atoms in total. The maximum atomic E-state index is 12.4. The molecule has 420 valence electrons. The molecule has 0 aromatic carbocycles. The third-order valence-corrected chi connectivity index (χ3v) is 14.3. The molecule has 0 heterocycles. The summed E-state index contributed by atoms with van der Waals surface area (Å²) in [5.74, 6) is -0.0738. The molecular formula is C66H121NO5. The monoisotopic (exact) mass is 1010 g/mol. The Bertz CT molecular complexity index is 1250. The minimum absolute atomic E-state index is 0.00246. The van der Waals surface area contributed by atoms with Crippen molar-refractivity contribution in [3.63, 3.8) is 0 Å². The van der Waals surface area contributed by atoms with Gasteiger partial charge in [-0.05, 0) is 96.3 Å². The molecule has 6 heteroatoms. The average Bonchev–Trinajstić information content (AvgIpc) is 3.38. The van der Waals surface area contributed by atoms with Crippen LogP contribution in [0.5, 0.6) is 0 Å². The maximum Gasteiger partial charge on any atom is 0.305 e. The number of hydrogen-bond donors (Lipinski definition) is 3. The van der Waals surface area contributed by atoms with E-state index < -0.39 is 12.1 Å². The highest BCUT2D eigenvalue weighted by molar-refractivity contribution is 5.76. The van der Waals surface area contributed by atoms with Crippen molar-refractivity contribution in [3.8, 4) is 0 Å². The van der Waals surface area contributed by atoms with Gasteiger partial charge in [0.15, 0.2) is 0 Å². The van der Waals surface area contributed by atoms with Gasteiger partial charge in [0, 0.05) is 12.8 Å². The van der Waals surface area contributed by atoms with Gasteiger partial charge in [-0.1, -0.05) is 274 Å². The summed E-state index contributed by atoms with van der Waals surface area (Å²) in [5, 5.41) is 23.0. The van der Waals surface area contributed by atoms with Crippen LogP contribution in [0.25, 0.3) is 0 Å². The Morgan fingerprint density at radius 3 is 1.07 bits per heavy atom. The van der Waals surface area contributed by atoms with Crippen molar-refractivity contribution in [2.75, 3.05) is 13.2 Å². The van der Waals surface area contributed by atoms with Gasteiger partial charge in [0.2, 0.25) is 5.91 Å². The second-order valence-corrected chi connectivity index (χ2v) is 21.4. The fourth-order valence-electron chi connectivity index (χ4n) is 9.40. The lowest BCUT2D eigenvalue weighted by atomic mass is 10.0. The molecule has 3 N–H and O–H groups in total. The molecule has 0 aromatic heterocycles. The molecule has 2 atom stereocenters. The number of unbranched alkanes of at least 4 members (excludes halogenated alkanes) is 39. The third kappa shape index (κ3) is 56.8. The second kappa shape index (κ2) is 61.1. The van der Waals surface area contributed by atoms with Gasteiger partial charge >= 0.3 is 5.97 Å². The van der Waals surface area contributed by atoms with E-state index in [9.17, 15) is 19.8 Å². The first-order valence-electron chi connectivity index (χ1n) is 31.6. The molecule has 2 unspecified atom stereocenters. The summed E-state index contributed by atoms with van der Waals surface area (Å²) in [5.41, 5.74) is 0. The standard InChI is InChI=1S/C66H121NO5/c1-3-5-7-9-11-13-15-16-17-34-37-40-44-48-52-56-60-66(71)72-61-57-53-49-45-41-38-35-32-30-28-26-24-22-20-18-19-21-23-25-27-29-31-33-36-39-43-47-51-55-59-65(70)67-63(62-68)64(69)58-54-50-46-42-14-12-10-8-6-4-2/h13,15,17-18,20,24,26,34,54,58,63-64,68-69H,3-12,14,16,19,21-23,25,27-33,35-53,55-57,59-62H2,1-2H3,(H,67,70)/b15-13-,20-18-,26-24-,34-17-,58-54+. The summed E-state index contributed by atoms with van der Waals surface area (Å²) in [6.07, 6.45) is 79.9. The Balaban J connectivity index is 3.41. The minimum Gasteiger partial charge on any atom is -0.466 e. The number of esters is 1. The van der Waals surface area contributed by atoms with Gasteiger partial charge in [0.25, 0.3) is 0 Å². The number of carbonyl (C=O) groups is 2. The number of carbonyl (C=O) groups excluding carboxylic acids is 2. The van der Waals surface area contributed by atoms with Crippen LogP contribution in [0.1, 0.15) is 322 Å². The van der Waals surface area contributed by atoms with E-state index in [1.807, 2.05) is 6.08 Å². The van der Waals surface area contributed by atoms with Crippen LogP contribution < -0.4 is 5.32 Å². The number of hydrogen-bond acceptors (Lipinski definition) is 5. The van der Waals surface area contributed by atoms with Gasteiger partial charge in [0.1, 0.15) is 0 Å². The van der Waals surface area contributed by atoms with Crippen LogP contribution in [0.2, 0.25) is 0 Å². The van der Waals surface area contributed by atoms with Crippen LogP contribution in [-0.2, 0) is 14.3 Å². The van der Waals surface area contributed by atoms with Crippen molar-refractivity contribution in [2.24, 2.45) is 0 Å². The van der Waals surface area contributed by atoms with E-state index >= 15 is 0 Å². The van der Waals surface area contributed by atoms with E-state index in [1.54, 1.807) is 6.08 Å². The summed E-state index contributed by atoms with van der Waals surface area (Å²) in [7, 11) is 0. The van der Waals surface area contributed by atoms with Crippen LogP contribution in [-0.4, -0.2) is 47.4 Å². The Hall–Kier alpha value is -2.44. The van der Waals surface area contributed by atoms with E-state index in [1.165, 1.54) is 238 Å². The lowest BCUT2D eigenvalue weighted by Crippen LogP contribution is -2.45. The topological polar surface area (TPSA) is 95.9 Å². The van der Waals surface area contributed by atoms with Gasteiger partial charge in [-0.15, -0.1) is 0 Å².